The average Bonchev–Trinajstić information content (AvgIpc) is 2.21. The van der Waals surface area contributed by atoms with Gasteiger partial charge in [-0.15, -0.1) is 0 Å². The summed E-state index contributed by atoms with van der Waals surface area (Å²) in [4.78, 5) is 11.6. The minimum Gasteiger partial charge on any atom is -0.466 e. The monoisotopic (exact) mass is 196 g/mol. The van der Waals surface area contributed by atoms with Gasteiger partial charge < -0.3 is 4.74 Å². The second-order valence-corrected chi connectivity index (χ2v) is 3.74. The summed E-state index contributed by atoms with van der Waals surface area (Å²) in [5.41, 5.74) is 1.30. The SMILES string of the molecule is CCOC(=O)C(CC)C1=CCCCC1. The van der Waals surface area contributed by atoms with E-state index < -0.39 is 0 Å². The van der Waals surface area contributed by atoms with Crippen LogP contribution in [0, 0.1) is 5.92 Å². The molecule has 0 aromatic heterocycles. The zero-order valence-electron chi connectivity index (χ0n) is 9.21. The number of hydrogen-bond donors (Lipinski definition) is 0. The van der Waals surface area contributed by atoms with Crippen LogP contribution in [-0.2, 0) is 9.53 Å². The van der Waals surface area contributed by atoms with Crippen molar-refractivity contribution in [3.05, 3.63) is 11.6 Å². The molecule has 1 atom stereocenters. The van der Waals surface area contributed by atoms with E-state index in [1.165, 1.54) is 18.4 Å². The molecule has 0 fully saturated rings. The van der Waals surface area contributed by atoms with Gasteiger partial charge in [-0.1, -0.05) is 18.6 Å². The van der Waals surface area contributed by atoms with Crippen molar-refractivity contribution in [2.75, 3.05) is 6.61 Å². The summed E-state index contributed by atoms with van der Waals surface area (Å²) in [6.45, 7) is 4.40. The highest BCUT2D eigenvalue weighted by Crippen LogP contribution is 2.27. The Kier molecular flexibility index (Phi) is 4.71. The van der Waals surface area contributed by atoms with Gasteiger partial charge in [-0.3, -0.25) is 4.79 Å². The largest absolute Gasteiger partial charge is 0.466 e. The maximum absolute atomic E-state index is 11.6. The van der Waals surface area contributed by atoms with Crippen molar-refractivity contribution < 1.29 is 9.53 Å². The molecule has 0 aliphatic heterocycles. The molecule has 2 heteroatoms. The highest BCUT2D eigenvalue weighted by Gasteiger charge is 2.22. The maximum atomic E-state index is 11.6. The molecule has 0 saturated heterocycles. The van der Waals surface area contributed by atoms with Gasteiger partial charge in [-0.25, -0.2) is 0 Å². The number of carbonyl (C=O) groups is 1. The number of rotatable bonds is 4. The summed E-state index contributed by atoms with van der Waals surface area (Å²) >= 11 is 0. The van der Waals surface area contributed by atoms with E-state index in [4.69, 9.17) is 4.74 Å². The molecular formula is C12H20O2. The summed E-state index contributed by atoms with van der Waals surface area (Å²) in [5.74, 6) is -0.0154. The molecule has 1 aliphatic carbocycles. The summed E-state index contributed by atoms with van der Waals surface area (Å²) in [7, 11) is 0. The van der Waals surface area contributed by atoms with Crippen LogP contribution in [0.1, 0.15) is 46.0 Å². The molecule has 2 nitrogen and oxygen atoms in total. The number of ether oxygens (including phenoxy) is 1. The minimum atomic E-state index is -0.0387. The highest BCUT2D eigenvalue weighted by atomic mass is 16.5. The van der Waals surface area contributed by atoms with Crippen LogP contribution in [-0.4, -0.2) is 12.6 Å². The van der Waals surface area contributed by atoms with Crippen molar-refractivity contribution in [2.45, 2.75) is 46.0 Å². The first-order chi connectivity index (χ1) is 6.79. The van der Waals surface area contributed by atoms with Gasteiger partial charge in [-0.05, 0) is 39.0 Å². The first-order valence-corrected chi connectivity index (χ1v) is 5.65. The molecule has 1 unspecified atom stereocenters. The lowest BCUT2D eigenvalue weighted by atomic mass is 9.87. The Morgan fingerprint density at radius 2 is 2.29 bits per heavy atom. The lowest BCUT2D eigenvalue weighted by Crippen LogP contribution is -2.20. The lowest BCUT2D eigenvalue weighted by molar-refractivity contribution is -0.146. The predicted molar refractivity (Wildman–Crippen MR) is 57.0 cm³/mol. The summed E-state index contributed by atoms with van der Waals surface area (Å²) in [5, 5.41) is 0. The van der Waals surface area contributed by atoms with Crippen LogP contribution >= 0.6 is 0 Å². The summed E-state index contributed by atoms with van der Waals surface area (Å²) in [6, 6.07) is 0. The van der Waals surface area contributed by atoms with Crippen LogP contribution in [0.4, 0.5) is 0 Å². The van der Waals surface area contributed by atoms with Gasteiger partial charge in [0.05, 0.1) is 12.5 Å². The van der Waals surface area contributed by atoms with Crippen LogP contribution in [0.5, 0.6) is 0 Å². The van der Waals surface area contributed by atoms with Crippen LogP contribution in [0.3, 0.4) is 0 Å². The number of allylic oxidation sites excluding steroid dienone is 1. The minimum absolute atomic E-state index is 0.0234. The zero-order chi connectivity index (χ0) is 10.4. The average molecular weight is 196 g/mol. The van der Waals surface area contributed by atoms with Crippen molar-refractivity contribution in [3.63, 3.8) is 0 Å². The van der Waals surface area contributed by atoms with Gasteiger partial charge in [0.15, 0.2) is 0 Å². The topological polar surface area (TPSA) is 26.3 Å². The standard InChI is InChI=1S/C12H20O2/c1-3-11(12(13)14-4-2)10-8-6-5-7-9-10/h8,11H,3-7,9H2,1-2H3. The third-order valence-corrected chi connectivity index (χ3v) is 2.75. The quantitative estimate of drug-likeness (QED) is 0.510. The molecule has 0 heterocycles. The first kappa shape index (κ1) is 11.3. The van der Waals surface area contributed by atoms with Crippen molar-refractivity contribution in [2.24, 2.45) is 5.92 Å². The van der Waals surface area contributed by atoms with Gasteiger partial charge in [0, 0.05) is 0 Å². The Bertz CT molecular complexity index is 218. The first-order valence-electron chi connectivity index (χ1n) is 5.65. The van der Waals surface area contributed by atoms with E-state index in [0.717, 1.165) is 19.3 Å². The van der Waals surface area contributed by atoms with E-state index in [1.807, 2.05) is 6.92 Å². The van der Waals surface area contributed by atoms with E-state index >= 15 is 0 Å². The van der Waals surface area contributed by atoms with Gasteiger partial charge in [0.25, 0.3) is 0 Å². The molecule has 0 aromatic carbocycles. The third-order valence-electron chi connectivity index (χ3n) is 2.75. The van der Waals surface area contributed by atoms with Crippen molar-refractivity contribution in [3.8, 4) is 0 Å². The second-order valence-electron chi connectivity index (χ2n) is 3.74. The Balaban J connectivity index is 2.60. The molecular weight excluding hydrogens is 176 g/mol. The van der Waals surface area contributed by atoms with Crippen molar-refractivity contribution in [1.29, 1.82) is 0 Å². The maximum Gasteiger partial charge on any atom is 0.313 e. The molecule has 0 amide bonds. The van der Waals surface area contributed by atoms with Crippen molar-refractivity contribution >= 4 is 5.97 Å². The number of hydrogen-bond acceptors (Lipinski definition) is 2. The van der Waals surface area contributed by atoms with Gasteiger partial charge in [0.2, 0.25) is 0 Å². The molecule has 0 spiro atoms. The fourth-order valence-electron chi connectivity index (χ4n) is 2.00. The number of esters is 1. The Morgan fingerprint density at radius 1 is 1.50 bits per heavy atom. The van der Waals surface area contributed by atoms with E-state index in [0.29, 0.717) is 6.61 Å². The summed E-state index contributed by atoms with van der Waals surface area (Å²) < 4.78 is 5.07. The molecule has 0 saturated carbocycles. The van der Waals surface area contributed by atoms with Crippen LogP contribution in [0.15, 0.2) is 11.6 Å². The van der Waals surface area contributed by atoms with Gasteiger partial charge >= 0.3 is 5.97 Å². The van der Waals surface area contributed by atoms with Crippen LogP contribution in [0.2, 0.25) is 0 Å². The second kappa shape index (κ2) is 5.84. The molecule has 1 aliphatic rings. The Hall–Kier alpha value is -0.790. The van der Waals surface area contributed by atoms with Gasteiger partial charge in [-0.2, -0.15) is 0 Å². The molecule has 80 valence electrons. The van der Waals surface area contributed by atoms with E-state index in [2.05, 4.69) is 13.0 Å². The molecule has 0 bridgehead atoms. The fraction of sp³-hybridized carbons (Fsp3) is 0.750. The smallest absolute Gasteiger partial charge is 0.313 e. The Morgan fingerprint density at radius 3 is 2.79 bits per heavy atom. The lowest BCUT2D eigenvalue weighted by Gasteiger charge is -2.20. The van der Waals surface area contributed by atoms with E-state index in [1.54, 1.807) is 0 Å². The molecule has 0 N–H and O–H groups in total. The van der Waals surface area contributed by atoms with Gasteiger partial charge in [0.1, 0.15) is 0 Å². The number of carbonyl (C=O) groups excluding carboxylic acids is 1. The van der Waals surface area contributed by atoms with Crippen LogP contribution < -0.4 is 0 Å². The summed E-state index contributed by atoms with van der Waals surface area (Å²) in [6.07, 6.45) is 7.80. The molecule has 0 radical (unpaired) electrons. The van der Waals surface area contributed by atoms with Crippen molar-refractivity contribution in [1.82, 2.24) is 0 Å². The fourth-order valence-corrected chi connectivity index (χ4v) is 2.00. The third kappa shape index (κ3) is 2.86. The predicted octanol–water partition coefficient (Wildman–Crippen LogP) is 3.08. The molecule has 14 heavy (non-hydrogen) atoms. The molecule has 0 aromatic rings. The molecule has 1 rings (SSSR count). The van der Waals surface area contributed by atoms with Crippen LogP contribution in [0.25, 0.3) is 0 Å². The van der Waals surface area contributed by atoms with E-state index in [9.17, 15) is 4.79 Å². The normalized spacial score (nSPS) is 18.6. The zero-order valence-corrected chi connectivity index (χ0v) is 9.21. The van der Waals surface area contributed by atoms with E-state index in [-0.39, 0.29) is 11.9 Å². The highest BCUT2D eigenvalue weighted by molar-refractivity contribution is 5.75. The Labute approximate surface area is 86.3 Å².